The van der Waals surface area contributed by atoms with Crippen molar-refractivity contribution < 1.29 is 9.90 Å². The van der Waals surface area contributed by atoms with E-state index in [-0.39, 0.29) is 12.0 Å². The molecule has 3 aliphatic heterocycles. The Kier molecular flexibility index (Phi) is 3.09. The maximum atomic E-state index is 12.5. The fourth-order valence-corrected chi connectivity index (χ4v) is 3.79. The van der Waals surface area contributed by atoms with E-state index in [9.17, 15) is 9.90 Å². The van der Waals surface area contributed by atoms with E-state index in [0.29, 0.717) is 18.0 Å². The Balaban J connectivity index is 1.69. The minimum absolute atomic E-state index is 0.176. The molecule has 0 aliphatic carbocycles. The van der Waals surface area contributed by atoms with Crippen LogP contribution in [0.2, 0.25) is 0 Å². The second-order valence-corrected chi connectivity index (χ2v) is 5.78. The van der Waals surface area contributed by atoms with Gasteiger partial charge in [-0.2, -0.15) is 0 Å². The average molecular weight is 238 g/mol. The number of hydrogen-bond acceptors (Lipinski definition) is 3. The number of fused-ring (bicyclic) bond motifs is 2. The number of carbonyl (C=O) groups excluding carboxylic acids is 1. The molecule has 3 saturated heterocycles. The highest BCUT2D eigenvalue weighted by atomic mass is 16.3. The van der Waals surface area contributed by atoms with Crippen molar-refractivity contribution in [1.29, 1.82) is 0 Å². The van der Waals surface area contributed by atoms with Crippen LogP contribution >= 0.6 is 0 Å². The molecule has 96 valence electrons. The summed E-state index contributed by atoms with van der Waals surface area (Å²) in [5, 5.41) is 13.1. The average Bonchev–Trinajstić information content (AvgIpc) is 2.62. The van der Waals surface area contributed by atoms with Gasteiger partial charge < -0.3 is 15.3 Å². The zero-order chi connectivity index (χ0) is 11.8. The molecule has 0 radical (unpaired) electrons. The molecule has 3 aliphatic rings. The van der Waals surface area contributed by atoms with Crippen LogP contribution in [0.5, 0.6) is 0 Å². The van der Waals surface area contributed by atoms with Crippen LogP contribution in [-0.2, 0) is 4.79 Å². The van der Waals surface area contributed by atoms with E-state index in [4.69, 9.17) is 0 Å². The third kappa shape index (κ3) is 2.08. The fourth-order valence-electron chi connectivity index (χ4n) is 3.79. The summed E-state index contributed by atoms with van der Waals surface area (Å²) in [5.41, 5.74) is 0. The van der Waals surface area contributed by atoms with Crippen molar-refractivity contribution in [2.75, 3.05) is 13.1 Å². The van der Waals surface area contributed by atoms with Gasteiger partial charge in [-0.3, -0.25) is 4.79 Å². The molecule has 17 heavy (non-hydrogen) atoms. The first-order valence-electron chi connectivity index (χ1n) is 6.96. The maximum absolute atomic E-state index is 12.5. The Morgan fingerprint density at radius 1 is 1.06 bits per heavy atom. The van der Waals surface area contributed by atoms with Crippen molar-refractivity contribution in [2.45, 2.75) is 56.7 Å². The third-order valence-corrected chi connectivity index (χ3v) is 4.65. The van der Waals surface area contributed by atoms with Crippen molar-refractivity contribution in [3.8, 4) is 0 Å². The molecule has 0 aromatic rings. The van der Waals surface area contributed by atoms with E-state index in [0.717, 1.165) is 51.6 Å². The predicted molar refractivity (Wildman–Crippen MR) is 64.5 cm³/mol. The van der Waals surface area contributed by atoms with Crippen molar-refractivity contribution in [1.82, 2.24) is 10.2 Å². The van der Waals surface area contributed by atoms with Crippen LogP contribution < -0.4 is 5.32 Å². The first-order valence-corrected chi connectivity index (χ1v) is 6.96. The summed E-state index contributed by atoms with van der Waals surface area (Å²) in [5.74, 6) is 0.598. The Hall–Kier alpha value is -0.610. The molecule has 0 aromatic carbocycles. The van der Waals surface area contributed by atoms with Crippen LogP contribution in [0.15, 0.2) is 0 Å². The molecular weight excluding hydrogens is 216 g/mol. The summed E-state index contributed by atoms with van der Waals surface area (Å²) in [6.45, 7) is 1.95. The largest absolute Gasteiger partial charge is 0.393 e. The van der Waals surface area contributed by atoms with Crippen molar-refractivity contribution in [3.05, 3.63) is 0 Å². The van der Waals surface area contributed by atoms with E-state index < -0.39 is 0 Å². The van der Waals surface area contributed by atoms with Crippen molar-refractivity contribution in [2.24, 2.45) is 5.92 Å². The number of aliphatic hydroxyl groups excluding tert-OH is 1. The molecule has 0 aromatic heterocycles. The standard InChI is InChI=1S/C13H22N2O2/c16-12-7-10-1-2-11(8-12)15(10)13(17)9-3-5-14-6-4-9/h9-12,14,16H,1-8H2. The van der Waals surface area contributed by atoms with Crippen LogP contribution in [0.25, 0.3) is 0 Å². The third-order valence-electron chi connectivity index (χ3n) is 4.65. The van der Waals surface area contributed by atoms with Gasteiger partial charge in [-0.05, 0) is 51.6 Å². The van der Waals surface area contributed by atoms with Crippen LogP contribution in [-0.4, -0.2) is 47.2 Å². The number of aliphatic hydroxyl groups is 1. The smallest absolute Gasteiger partial charge is 0.226 e. The molecule has 3 fully saturated rings. The molecular formula is C13H22N2O2. The SMILES string of the molecule is O=C(C1CCNCC1)N1C2CCC1CC(O)C2. The highest BCUT2D eigenvalue weighted by molar-refractivity contribution is 5.80. The minimum Gasteiger partial charge on any atom is -0.393 e. The summed E-state index contributed by atoms with van der Waals surface area (Å²) >= 11 is 0. The highest BCUT2D eigenvalue weighted by Gasteiger charge is 2.44. The van der Waals surface area contributed by atoms with E-state index in [2.05, 4.69) is 10.2 Å². The first-order chi connectivity index (χ1) is 8.25. The van der Waals surface area contributed by atoms with Crippen LogP contribution in [0.1, 0.15) is 38.5 Å². The second-order valence-electron chi connectivity index (χ2n) is 5.78. The Morgan fingerprint density at radius 2 is 1.65 bits per heavy atom. The molecule has 0 saturated carbocycles. The summed E-state index contributed by atoms with van der Waals surface area (Å²) in [7, 11) is 0. The number of hydrogen-bond donors (Lipinski definition) is 2. The van der Waals surface area contributed by atoms with Gasteiger partial charge >= 0.3 is 0 Å². The molecule has 3 heterocycles. The number of piperidine rings is 2. The summed E-state index contributed by atoms with van der Waals surface area (Å²) in [6, 6.07) is 0.650. The van der Waals surface area contributed by atoms with Crippen LogP contribution in [0.3, 0.4) is 0 Å². The quantitative estimate of drug-likeness (QED) is 0.699. The van der Waals surface area contributed by atoms with E-state index in [1.54, 1.807) is 0 Å². The Labute approximate surface area is 102 Å². The van der Waals surface area contributed by atoms with E-state index >= 15 is 0 Å². The lowest BCUT2D eigenvalue weighted by atomic mass is 9.92. The Bertz CT molecular complexity index is 288. The van der Waals surface area contributed by atoms with E-state index in [1.165, 1.54) is 0 Å². The van der Waals surface area contributed by atoms with E-state index in [1.807, 2.05) is 0 Å². The van der Waals surface area contributed by atoms with Gasteiger partial charge in [-0.15, -0.1) is 0 Å². The lowest BCUT2D eigenvalue weighted by Gasteiger charge is -2.39. The molecule has 2 atom stereocenters. The number of rotatable bonds is 1. The zero-order valence-corrected chi connectivity index (χ0v) is 10.3. The highest BCUT2D eigenvalue weighted by Crippen LogP contribution is 2.37. The number of nitrogens with one attached hydrogen (secondary N) is 1. The summed E-state index contributed by atoms with van der Waals surface area (Å²) < 4.78 is 0. The number of amides is 1. The topological polar surface area (TPSA) is 52.6 Å². The number of nitrogens with zero attached hydrogens (tertiary/aromatic N) is 1. The van der Waals surface area contributed by atoms with Crippen LogP contribution in [0.4, 0.5) is 0 Å². The molecule has 2 bridgehead atoms. The fraction of sp³-hybridized carbons (Fsp3) is 0.923. The summed E-state index contributed by atoms with van der Waals surface area (Å²) in [6.07, 6.45) is 5.58. The molecule has 2 unspecified atom stereocenters. The molecule has 3 rings (SSSR count). The predicted octanol–water partition coefficient (Wildman–Crippen LogP) is 0.500. The van der Waals surface area contributed by atoms with Gasteiger partial charge in [-0.25, -0.2) is 0 Å². The van der Waals surface area contributed by atoms with Gasteiger partial charge in [0.05, 0.1) is 6.10 Å². The normalized spacial score (nSPS) is 38.4. The van der Waals surface area contributed by atoms with Gasteiger partial charge in [0, 0.05) is 18.0 Å². The van der Waals surface area contributed by atoms with Gasteiger partial charge in [0.25, 0.3) is 0 Å². The van der Waals surface area contributed by atoms with Crippen LogP contribution in [0, 0.1) is 5.92 Å². The van der Waals surface area contributed by atoms with Gasteiger partial charge in [0.15, 0.2) is 0 Å². The summed E-state index contributed by atoms with van der Waals surface area (Å²) in [4.78, 5) is 14.7. The lowest BCUT2D eigenvalue weighted by molar-refractivity contribution is -0.142. The number of carbonyl (C=O) groups is 1. The molecule has 0 spiro atoms. The lowest BCUT2D eigenvalue weighted by Crippen LogP contribution is -2.51. The van der Waals surface area contributed by atoms with Gasteiger partial charge in [-0.1, -0.05) is 0 Å². The first kappa shape index (κ1) is 11.5. The monoisotopic (exact) mass is 238 g/mol. The van der Waals surface area contributed by atoms with Crippen molar-refractivity contribution >= 4 is 5.91 Å². The second kappa shape index (κ2) is 4.58. The molecule has 2 N–H and O–H groups in total. The molecule has 1 amide bonds. The van der Waals surface area contributed by atoms with Crippen molar-refractivity contribution in [3.63, 3.8) is 0 Å². The minimum atomic E-state index is -0.176. The Morgan fingerprint density at radius 3 is 2.24 bits per heavy atom. The zero-order valence-electron chi connectivity index (χ0n) is 10.3. The maximum Gasteiger partial charge on any atom is 0.226 e. The molecule has 4 nitrogen and oxygen atoms in total. The van der Waals surface area contributed by atoms with Gasteiger partial charge in [0.2, 0.25) is 5.91 Å². The van der Waals surface area contributed by atoms with Gasteiger partial charge in [0.1, 0.15) is 0 Å². The molecule has 4 heteroatoms.